The van der Waals surface area contributed by atoms with Crippen LogP contribution in [0, 0.1) is 5.82 Å². The first-order valence-electron chi connectivity index (χ1n) is 7.06. The summed E-state index contributed by atoms with van der Waals surface area (Å²) in [6, 6.07) is 3.87. The van der Waals surface area contributed by atoms with Gasteiger partial charge in [-0.25, -0.2) is 9.18 Å². The molecule has 2 heterocycles. The van der Waals surface area contributed by atoms with Crippen LogP contribution in [-0.4, -0.2) is 37.5 Å². The first-order chi connectivity index (χ1) is 10.1. The molecule has 2 unspecified atom stereocenters. The molecule has 2 fully saturated rings. The van der Waals surface area contributed by atoms with E-state index in [1.165, 1.54) is 18.2 Å². The molecule has 3 rings (SSSR count). The SMILES string of the molecule is Nc1ccc(F)c(C(=O)OC2CCOC3(CCOC3)C2)c1. The summed E-state index contributed by atoms with van der Waals surface area (Å²) < 4.78 is 30.2. The Kier molecular flexibility index (Phi) is 3.82. The minimum atomic E-state index is -0.680. The molecule has 0 aromatic heterocycles. The lowest BCUT2D eigenvalue weighted by atomic mass is 9.91. The number of rotatable bonds is 2. The molecule has 2 saturated heterocycles. The smallest absolute Gasteiger partial charge is 0.341 e. The molecule has 2 N–H and O–H groups in total. The monoisotopic (exact) mass is 295 g/mol. The van der Waals surface area contributed by atoms with Crippen molar-refractivity contribution in [1.29, 1.82) is 0 Å². The lowest BCUT2D eigenvalue weighted by molar-refractivity contribution is -0.120. The minimum Gasteiger partial charge on any atom is -0.458 e. The van der Waals surface area contributed by atoms with Crippen molar-refractivity contribution in [2.45, 2.75) is 31.0 Å². The van der Waals surface area contributed by atoms with Gasteiger partial charge in [0.2, 0.25) is 0 Å². The van der Waals surface area contributed by atoms with Crippen LogP contribution in [0.25, 0.3) is 0 Å². The number of nitrogens with two attached hydrogens (primary N) is 1. The number of ether oxygens (including phenoxy) is 3. The van der Waals surface area contributed by atoms with Crippen molar-refractivity contribution >= 4 is 11.7 Å². The van der Waals surface area contributed by atoms with Gasteiger partial charge in [0.05, 0.1) is 24.4 Å². The zero-order valence-electron chi connectivity index (χ0n) is 11.6. The molecule has 2 aliphatic rings. The highest BCUT2D eigenvalue weighted by atomic mass is 19.1. The summed E-state index contributed by atoms with van der Waals surface area (Å²) in [5.41, 5.74) is 5.44. The molecule has 1 aromatic carbocycles. The van der Waals surface area contributed by atoms with Gasteiger partial charge in [0.1, 0.15) is 11.9 Å². The Morgan fingerprint density at radius 1 is 1.43 bits per heavy atom. The van der Waals surface area contributed by atoms with Gasteiger partial charge in [0, 0.05) is 31.6 Å². The van der Waals surface area contributed by atoms with Gasteiger partial charge in [-0.3, -0.25) is 0 Å². The van der Waals surface area contributed by atoms with Crippen molar-refractivity contribution in [3.8, 4) is 0 Å². The first kappa shape index (κ1) is 14.3. The van der Waals surface area contributed by atoms with Crippen LogP contribution in [0.1, 0.15) is 29.6 Å². The van der Waals surface area contributed by atoms with Crippen molar-refractivity contribution in [3.63, 3.8) is 0 Å². The van der Waals surface area contributed by atoms with Gasteiger partial charge in [-0.15, -0.1) is 0 Å². The highest BCUT2D eigenvalue weighted by Gasteiger charge is 2.42. The van der Waals surface area contributed by atoms with Crippen LogP contribution in [0.5, 0.6) is 0 Å². The van der Waals surface area contributed by atoms with Crippen LogP contribution in [0.4, 0.5) is 10.1 Å². The third-order valence-electron chi connectivity index (χ3n) is 4.00. The fraction of sp³-hybridized carbons (Fsp3) is 0.533. The fourth-order valence-electron chi connectivity index (χ4n) is 2.86. The summed E-state index contributed by atoms with van der Waals surface area (Å²) in [5.74, 6) is -1.30. The van der Waals surface area contributed by atoms with E-state index in [9.17, 15) is 9.18 Å². The predicted octanol–water partition coefficient (Wildman–Crippen LogP) is 1.90. The number of hydrogen-bond donors (Lipinski definition) is 1. The maximum atomic E-state index is 13.7. The van der Waals surface area contributed by atoms with Crippen LogP contribution in [0.15, 0.2) is 18.2 Å². The van der Waals surface area contributed by atoms with Crippen molar-refractivity contribution in [2.24, 2.45) is 0 Å². The number of esters is 1. The topological polar surface area (TPSA) is 70.8 Å². The largest absolute Gasteiger partial charge is 0.458 e. The first-order valence-corrected chi connectivity index (χ1v) is 7.06. The molecular weight excluding hydrogens is 277 g/mol. The number of halogens is 1. The second kappa shape index (κ2) is 5.61. The van der Waals surface area contributed by atoms with Crippen LogP contribution >= 0.6 is 0 Å². The molecule has 0 aliphatic carbocycles. The Morgan fingerprint density at radius 2 is 2.29 bits per heavy atom. The highest BCUT2D eigenvalue weighted by molar-refractivity contribution is 5.90. The predicted molar refractivity (Wildman–Crippen MR) is 73.4 cm³/mol. The lowest BCUT2D eigenvalue weighted by Gasteiger charge is -2.36. The zero-order valence-corrected chi connectivity index (χ0v) is 11.6. The Morgan fingerprint density at radius 3 is 3.05 bits per heavy atom. The van der Waals surface area contributed by atoms with E-state index in [2.05, 4.69) is 0 Å². The van der Waals surface area contributed by atoms with Crippen LogP contribution in [0.2, 0.25) is 0 Å². The third kappa shape index (κ3) is 3.01. The average molecular weight is 295 g/mol. The fourth-order valence-corrected chi connectivity index (χ4v) is 2.86. The molecule has 6 heteroatoms. The summed E-state index contributed by atoms with van der Waals surface area (Å²) >= 11 is 0. The Balaban J connectivity index is 1.68. The zero-order chi connectivity index (χ0) is 14.9. The Bertz CT molecular complexity index is 542. The van der Waals surface area contributed by atoms with E-state index in [4.69, 9.17) is 19.9 Å². The Labute approximate surface area is 122 Å². The average Bonchev–Trinajstić information content (AvgIpc) is 2.89. The maximum absolute atomic E-state index is 13.7. The van der Waals surface area contributed by atoms with Crippen LogP contribution in [-0.2, 0) is 14.2 Å². The molecular formula is C15H18FNO4. The molecule has 0 amide bonds. The van der Waals surface area contributed by atoms with E-state index >= 15 is 0 Å². The van der Waals surface area contributed by atoms with E-state index in [1.807, 2.05) is 0 Å². The van der Waals surface area contributed by atoms with Crippen molar-refractivity contribution < 1.29 is 23.4 Å². The minimum absolute atomic E-state index is 0.127. The van der Waals surface area contributed by atoms with Gasteiger partial charge in [0.15, 0.2) is 0 Å². The van der Waals surface area contributed by atoms with Crippen LogP contribution in [0.3, 0.4) is 0 Å². The molecule has 0 bridgehead atoms. The number of carbonyl (C=O) groups excluding carboxylic acids is 1. The maximum Gasteiger partial charge on any atom is 0.341 e. The van der Waals surface area contributed by atoms with E-state index in [0.29, 0.717) is 38.3 Å². The van der Waals surface area contributed by atoms with Crippen LogP contribution < -0.4 is 5.73 Å². The van der Waals surface area contributed by atoms with E-state index < -0.39 is 11.8 Å². The van der Waals surface area contributed by atoms with Crippen molar-refractivity contribution in [3.05, 3.63) is 29.6 Å². The number of nitrogen functional groups attached to an aromatic ring is 1. The summed E-state index contributed by atoms with van der Waals surface area (Å²) in [6.45, 7) is 1.69. The number of carbonyl (C=O) groups is 1. The van der Waals surface area contributed by atoms with Gasteiger partial charge in [0.25, 0.3) is 0 Å². The standard InChI is InChI=1S/C15H18FNO4/c16-13-2-1-10(17)7-12(13)14(18)21-11-3-5-20-15(8-11)4-6-19-9-15/h1-2,7,11H,3-6,8-9,17H2. The third-order valence-corrected chi connectivity index (χ3v) is 4.00. The van der Waals surface area contributed by atoms with E-state index in [1.54, 1.807) is 0 Å². The molecule has 114 valence electrons. The molecule has 5 nitrogen and oxygen atoms in total. The molecule has 1 spiro atoms. The Hall–Kier alpha value is -1.66. The summed E-state index contributed by atoms with van der Waals surface area (Å²) in [7, 11) is 0. The molecule has 2 aliphatic heterocycles. The van der Waals surface area contributed by atoms with Gasteiger partial charge in [-0.2, -0.15) is 0 Å². The molecule has 2 atom stereocenters. The molecule has 0 radical (unpaired) electrons. The molecule has 0 saturated carbocycles. The normalized spacial score (nSPS) is 28.7. The van der Waals surface area contributed by atoms with Crippen molar-refractivity contribution in [1.82, 2.24) is 0 Å². The highest BCUT2D eigenvalue weighted by Crippen LogP contribution is 2.34. The number of hydrogen-bond acceptors (Lipinski definition) is 5. The summed E-state index contributed by atoms with van der Waals surface area (Å²) in [6.07, 6.45) is 1.71. The second-order valence-electron chi connectivity index (χ2n) is 5.59. The van der Waals surface area contributed by atoms with Gasteiger partial charge in [-0.05, 0) is 18.2 Å². The van der Waals surface area contributed by atoms with Crippen molar-refractivity contribution in [2.75, 3.05) is 25.6 Å². The molecule has 1 aromatic rings. The molecule has 21 heavy (non-hydrogen) atoms. The van der Waals surface area contributed by atoms with E-state index in [0.717, 1.165) is 6.42 Å². The number of benzene rings is 1. The number of anilines is 1. The van der Waals surface area contributed by atoms with Gasteiger partial charge in [-0.1, -0.05) is 0 Å². The lowest BCUT2D eigenvalue weighted by Crippen LogP contribution is -2.43. The summed E-state index contributed by atoms with van der Waals surface area (Å²) in [5, 5.41) is 0. The van der Waals surface area contributed by atoms with Gasteiger partial charge >= 0.3 is 5.97 Å². The van der Waals surface area contributed by atoms with E-state index in [-0.39, 0.29) is 17.3 Å². The second-order valence-corrected chi connectivity index (χ2v) is 5.59. The summed E-state index contributed by atoms with van der Waals surface area (Å²) in [4.78, 5) is 12.1. The quantitative estimate of drug-likeness (QED) is 0.666. The van der Waals surface area contributed by atoms with Gasteiger partial charge < -0.3 is 19.9 Å².